The number of halogens is 7. The van der Waals surface area contributed by atoms with Crippen LogP contribution in [-0.2, 0) is 6.61 Å². The summed E-state index contributed by atoms with van der Waals surface area (Å²) in [5.41, 5.74) is 19.5. The normalized spacial score (nSPS) is 10.4. The van der Waals surface area contributed by atoms with Crippen molar-refractivity contribution in [3.05, 3.63) is 499 Å². The Hall–Kier alpha value is -17.1. The Balaban J connectivity index is 0.000000237. The third-order valence-corrected chi connectivity index (χ3v) is 21.4. The Morgan fingerprint density at radius 3 is 0.805 bits per heavy atom. The van der Waals surface area contributed by atoms with E-state index in [-0.39, 0.29) is 47.1 Å². The maximum absolute atomic E-state index is 14.0. The van der Waals surface area contributed by atoms with E-state index < -0.39 is 17.5 Å². The van der Waals surface area contributed by atoms with Crippen molar-refractivity contribution in [2.45, 2.75) is 104 Å². The van der Waals surface area contributed by atoms with E-state index in [2.05, 4.69) is 93.2 Å². The first kappa shape index (κ1) is 119. The van der Waals surface area contributed by atoms with Crippen molar-refractivity contribution in [2.75, 3.05) is 0 Å². The second-order valence-electron chi connectivity index (χ2n) is 30.2. The Morgan fingerprint density at radius 2 is 0.517 bits per heavy atom. The fraction of sp³-hybridized carbons (Fsp3) is 0.122. The first-order valence-electron chi connectivity index (χ1n) is 48.4. The Labute approximate surface area is 882 Å². The molecule has 0 fully saturated rings. The number of carbonyl (C=O) groups excluding carboxylic acids is 6. The van der Waals surface area contributed by atoms with Gasteiger partial charge in [-0.25, -0.2) is 17.6 Å². The van der Waals surface area contributed by atoms with Gasteiger partial charge >= 0.3 is 0 Å². The molecular formula is C123H119Cl3F4N12O7. The molecular weight excluding hydrogens is 1940 g/mol. The van der Waals surface area contributed by atoms with Gasteiger partial charge in [0.25, 0.3) is 0 Å². The average Bonchev–Trinajstić information content (AvgIpc) is 1.71. The number of aryl methyl sites for hydroxylation is 2. The van der Waals surface area contributed by atoms with E-state index in [9.17, 15) is 46.3 Å². The van der Waals surface area contributed by atoms with Crippen molar-refractivity contribution in [2.24, 2.45) is 0 Å². The van der Waals surface area contributed by atoms with E-state index in [1.165, 1.54) is 65.8 Å². The molecule has 0 amide bonds. The standard InChI is InChI=1S/C20H18N2O.C19H15FN2O2.C18H12Cl2N2O.C18H13ClN2O.C18H12F2N2O.C18H13FN2O.6C2H6/c1-14-8-9-17(12-15(14)2)19-13-18(21-22-19)10-11-20(23)16-6-4-3-5-7-16;20-17-10-13(12-23)6-8-16(17)18-11-15(21-22-18)7-9-19(24)14-4-2-1-3-5-14;19-15-8-6-13(10-16(15)20)17-11-14(21-22-17)7-9-18(23)12-4-2-1-3-5-12;19-15-8-6-13(7-9-15)17-12-16(20-21-17)10-11-18(22)14-4-2-1-3-5-14;19-15-8-6-13(10-16(15)20)17-11-14(21-22-17)7-9-18(23)12-4-2-1-3-5-12;19-15-8-6-13(7-9-15)17-12-16(20-21-17)10-11-18(22)14-4-2-1-3-5-14;6*1-2/h3-13H,1-2H3,(H,21,22);1-11,23H,12H2,(H,21,22);1-11H,(H,21,22);1-12H,(H,20,21);1-11H,(H,21,22);1-12H,(H,20,21);6*1-2H3/b11-10+;2*9-7+;11-10+;9-7+;11-10+;;;;;;. The predicted molar refractivity (Wildman–Crippen MR) is 601 cm³/mol. The molecule has 149 heavy (non-hydrogen) atoms. The van der Waals surface area contributed by atoms with Crippen molar-refractivity contribution in [1.29, 1.82) is 0 Å². The molecule has 7 N–H and O–H groups in total. The largest absolute Gasteiger partial charge is 0.392 e. The van der Waals surface area contributed by atoms with E-state index in [1.54, 1.807) is 188 Å². The summed E-state index contributed by atoms with van der Waals surface area (Å²) in [5, 5.41) is 52.8. The van der Waals surface area contributed by atoms with Crippen molar-refractivity contribution in [1.82, 2.24) is 61.2 Å². The van der Waals surface area contributed by atoms with Crippen LogP contribution in [0.25, 0.3) is 104 Å². The SMILES string of the molecule is CC.CC.CC.CC.CC.CC.Cc1ccc(-c2cc(/C=C/C(=O)c3ccccc3)[nH]n2)cc1C.O=C(/C=C/c1cc(-c2ccc(CO)cc2F)n[nH]1)c1ccccc1.O=C(/C=C/c1cc(-c2ccc(Cl)c(Cl)c2)n[nH]1)c1ccccc1.O=C(/C=C/c1cc(-c2ccc(Cl)cc2)n[nH]1)c1ccccc1.O=C(/C=C/c1cc(-c2ccc(F)c(F)c2)n[nH]1)c1ccccc1.O=C(/C=C/c1cc(-c2ccc(F)cc2)n[nH]1)c1ccccc1. The zero-order valence-electron chi connectivity index (χ0n) is 85.2. The lowest BCUT2D eigenvalue weighted by molar-refractivity contribution is 0.103. The molecule has 0 spiro atoms. The van der Waals surface area contributed by atoms with Gasteiger partial charge in [-0.3, -0.25) is 59.4 Å². The number of nitrogens with zero attached hydrogens (tertiary/aromatic N) is 6. The number of ketones is 6. The summed E-state index contributed by atoms with van der Waals surface area (Å²) in [5.74, 6) is -3.01. The number of H-pyrrole nitrogens is 6. The van der Waals surface area contributed by atoms with Gasteiger partial charge in [0.15, 0.2) is 46.3 Å². The summed E-state index contributed by atoms with van der Waals surface area (Å²) < 4.78 is 53.1. The van der Waals surface area contributed by atoms with E-state index in [0.717, 1.165) is 68.6 Å². The highest BCUT2D eigenvalue weighted by molar-refractivity contribution is 6.42. The van der Waals surface area contributed by atoms with Gasteiger partial charge in [-0.15, -0.1) is 0 Å². The minimum atomic E-state index is -0.929. The molecule has 0 aliphatic rings. The van der Waals surface area contributed by atoms with E-state index in [0.29, 0.717) is 99.3 Å². The topological polar surface area (TPSA) is 295 Å². The van der Waals surface area contributed by atoms with E-state index >= 15 is 0 Å². The summed E-state index contributed by atoms with van der Waals surface area (Å²) in [4.78, 5) is 72.0. The fourth-order valence-corrected chi connectivity index (χ4v) is 13.3. The smallest absolute Gasteiger partial charge is 0.185 e. The number of aromatic amines is 6. The van der Waals surface area contributed by atoms with Crippen molar-refractivity contribution in [3.8, 4) is 67.5 Å². The summed E-state index contributed by atoms with van der Waals surface area (Å²) in [6.45, 7) is 28.0. The number of allylic oxidation sites excluding steroid dienone is 6. The zero-order valence-corrected chi connectivity index (χ0v) is 87.5. The number of nitrogens with one attached hydrogen (secondary N) is 6. The van der Waals surface area contributed by atoms with Crippen LogP contribution >= 0.6 is 34.8 Å². The van der Waals surface area contributed by atoms with Gasteiger partial charge in [0.05, 0.1) is 85.0 Å². The molecule has 0 aliphatic carbocycles. The summed E-state index contributed by atoms with van der Waals surface area (Å²) in [7, 11) is 0. The first-order valence-corrected chi connectivity index (χ1v) is 49.5. The van der Waals surface area contributed by atoms with E-state index in [1.807, 2.05) is 223 Å². The molecule has 0 unspecified atom stereocenters. The third kappa shape index (κ3) is 38.8. The maximum atomic E-state index is 14.0. The number of carbonyl (C=O) groups is 6. The predicted octanol–water partition coefficient (Wildman–Crippen LogP) is 32.6. The van der Waals surface area contributed by atoms with Gasteiger partial charge in [-0.1, -0.05) is 336 Å². The lowest BCUT2D eigenvalue weighted by Gasteiger charge is -2.01. The second kappa shape index (κ2) is 65.3. The molecule has 26 heteroatoms. The highest BCUT2D eigenvalue weighted by Crippen LogP contribution is 2.31. The van der Waals surface area contributed by atoms with Crippen LogP contribution < -0.4 is 0 Å². The van der Waals surface area contributed by atoms with E-state index in [4.69, 9.17) is 39.9 Å². The van der Waals surface area contributed by atoms with Gasteiger partial charge in [-0.2, -0.15) is 30.6 Å². The molecule has 6 aromatic heterocycles. The minimum Gasteiger partial charge on any atom is -0.392 e. The van der Waals surface area contributed by atoms with Gasteiger partial charge in [0.1, 0.15) is 11.6 Å². The van der Waals surface area contributed by atoms with Gasteiger partial charge in [0.2, 0.25) is 0 Å². The van der Waals surface area contributed by atoms with Crippen molar-refractivity contribution < 1.29 is 51.4 Å². The van der Waals surface area contributed by atoms with Crippen LogP contribution in [0.2, 0.25) is 15.1 Å². The van der Waals surface area contributed by atoms with Crippen LogP contribution in [0.5, 0.6) is 0 Å². The molecule has 18 rings (SSSR count). The maximum Gasteiger partial charge on any atom is 0.185 e. The molecule has 0 saturated heterocycles. The molecule has 0 radical (unpaired) electrons. The number of aromatic nitrogens is 12. The van der Waals surface area contributed by atoms with Crippen LogP contribution in [0.3, 0.4) is 0 Å². The molecule has 0 saturated carbocycles. The lowest BCUT2D eigenvalue weighted by Crippen LogP contribution is -1.92. The summed E-state index contributed by atoms with van der Waals surface area (Å²) in [6, 6.07) is 98.3. The van der Waals surface area contributed by atoms with Crippen LogP contribution in [-0.4, -0.2) is 101 Å². The number of rotatable bonds is 25. The fourth-order valence-electron chi connectivity index (χ4n) is 12.9. The quantitative estimate of drug-likeness (QED) is 0.0159. The molecule has 762 valence electrons. The molecule has 0 bridgehead atoms. The lowest BCUT2D eigenvalue weighted by atomic mass is 10.0. The van der Waals surface area contributed by atoms with Gasteiger partial charge in [0, 0.05) is 71.8 Å². The molecule has 0 aliphatic heterocycles. The van der Waals surface area contributed by atoms with Crippen LogP contribution in [0.4, 0.5) is 17.6 Å². The Bertz CT molecular complexity index is 6870. The Kier molecular flexibility index (Phi) is 52.1. The van der Waals surface area contributed by atoms with Crippen LogP contribution in [0, 0.1) is 37.1 Å². The average molecular weight is 2060 g/mol. The monoisotopic (exact) mass is 2060 g/mol. The van der Waals surface area contributed by atoms with Crippen molar-refractivity contribution in [3.63, 3.8) is 0 Å². The number of aliphatic hydroxyl groups excluding tert-OH is 1. The summed E-state index contributed by atoms with van der Waals surface area (Å²) >= 11 is 17.8. The number of aliphatic hydroxyl groups is 1. The Morgan fingerprint density at radius 1 is 0.255 bits per heavy atom. The second-order valence-corrected chi connectivity index (χ2v) is 31.4. The number of hydrogen-bond donors (Lipinski definition) is 7. The summed E-state index contributed by atoms with van der Waals surface area (Å²) in [6.07, 6.45) is 19.0. The molecule has 6 heterocycles. The highest BCUT2D eigenvalue weighted by atomic mass is 35.5. The van der Waals surface area contributed by atoms with Gasteiger partial charge < -0.3 is 5.11 Å². The molecule has 0 atom stereocenters. The third-order valence-electron chi connectivity index (χ3n) is 20.4. The number of hydrogen-bond acceptors (Lipinski definition) is 13. The first-order chi connectivity index (χ1) is 72.5. The molecule has 18 aromatic rings. The number of benzene rings is 12. The van der Waals surface area contributed by atoms with Crippen LogP contribution in [0.1, 0.15) is 196 Å². The molecule has 12 aromatic carbocycles. The zero-order chi connectivity index (χ0) is 108. The minimum absolute atomic E-state index is 0.0204. The van der Waals surface area contributed by atoms with Crippen molar-refractivity contribution >= 4 is 106 Å². The van der Waals surface area contributed by atoms with Gasteiger partial charge in [-0.05, 0) is 225 Å². The van der Waals surface area contributed by atoms with Crippen LogP contribution in [0.15, 0.2) is 376 Å². The highest BCUT2D eigenvalue weighted by Gasteiger charge is 2.16. The molecule has 19 nitrogen and oxygen atoms in total.